The van der Waals surface area contributed by atoms with Gasteiger partial charge in [-0.25, -0.2) is 0 Å². The van der Waals surface area contributed by atoms with Gasteiger partial charge in [0.25, 0.3) is 5.91 Å². The van der Waals surface area contributed by atoms with Crippen LogP contribution < -0.4 is 5.73 Å². The van der Waals surface area contributed by atoms with Gasteiger partial charge in [-0.3, -0.25) is 10.2 Å². The molecule has 0 spiro atoms. The lowest BCUT2D eigenvalue weighted by Gasteiger charge is -2.18. The van der Waals surface area contributed by atoms with Crippen molar-refractivity contribution in [3.8, 4) is 0 Å². The van der Waals surface area contributed by atoms with E-state index in [0.717, 1.165) is 5.57 Å². The molecule has 13 heavy (non-hydrogen) atoms. The molecule has 3 N–H and O–H groups in total. The van der Waals surface area contributed by atoms with E-state index in [0.29, 0.717) is 0 Å². The number of primary amides is 1. The van der Waals surface area contributed by atoms with Crippen molar-refractivity contribution in [2.24, 2.45) is 5.73 Å². The minimum atomic E-state index is -0.594. The van der Waals surface area contributed by atoms with Crippen molar-refractivity contribution in [1.82, 2.24) is 0 Å². The molecule has 0 radical (unpaired) electrons. The summed E-state index contributed by atoms with van der Waals surface area (Å²) in [6.07, 6.45) is 0. The van der Waals surface area contributed by atoms with Crippen LogP contribution >= 0.6 is 12.4 Å². The van der Waals surface area contributed by atoms with Crippen LogP contribution in [0.5, 0.6) is 0 Å². The fraction of sp³-hybridized carbons (Fsp3) is 0.500. The molecule has 0 saturated heterocycles. The monoisotopic (exact) mass is 204 g/mol. The Bertz CT molecular complexity index is 295. The predicted octanol–water partition coefficient (Wildman–Crippen LogP) is 0.996. The lowest BCUT2D eigenvalue weighted by molar-refractivity contribution is -0.114. The zero-order valence-corrected chi connectivity index (χ0v) is 8.62. The highest BCUT2D eigenvalue weighted by Gasteiger charge is 2.37. The zero-order valence-electron chi connectivity index (χ0n) is 7.80. The molecule has 0 unspecified atom stereocenters. The molecule has 0 saturated carbocycles. The van der Waals surface area contributed by atoms with E-state index in [1.54, 1.807) is 20.8 Å². The van der Waals surface area contributed by atoms with Crippen molar-refractivity contribution < 1.29 is 9.53 Å². The topological polar surface area (TPSA) is 76.2 Å². The molecule has 1 heterocycles. The molecule has 0 aliphatic carbocycles. The predicted molar refractivity (Wildman–Crippen MR) is 52.0 cm³/mol. The van der Waals surface area contributed by atoms with E-state index in [4.69, 9.17) is 15.9 Å². The number of hydrogen-bond acceptors (Lipinski definition) is 3. The van der Waals surface area contributed by atoms with E-state index in [9.17, 15) is 4.79 Å². The molecular formula is C8H13ClN2O2. The molecule has 0 fully saturated rings. The Morgan fingerprint density at radius 1 is 1.54 bits per heavy atom. The van der Waals surface area contributed by atoms with Crippen LogP contribution in [0.1, 0.15) is 20.8 Å². The van der Waals surface area contributed by atoms with Gasteiger partial charge in [0.1, 0.15) is 11.2 Å². The van der Waals surface area contributed by atoms with Gasteiger partial charge in [-0.05, 0) is 26.3 Å². The van der Waals surface area contributed by atoms with Crippen LogP contribution in [0.3, 0.4) is 0 Å². The second-order valence-electron chi connectivity index (χ2n) is 3.31. The summed E-state index contributed by atoms with van der Waals surface area (Å²) in [4.78, 5) is 10.9. The third kappa shape index (κ3) is 1.83. The van der Waals surface area contributed by atoms with Crippen molar-refractivity contribution in [2.45, 2.75) is 26.4 Å². The van der Waals surface area contributed by atoms with Gasteiger partial charge in [-0.1, -0.05) is 0 Å². The van der Waals surface area contributed by atoms with Crippen LogP contribution in [0.4, 0.5) is 0 Å². The van der Waals surface area contributed by atoms with Gasteiger partial charge in [0.05, 0.1) is 0 Å². The molecule has 0 aromatic heterocycles. The molecule has 0 atom stereocenters. The maximum Gasteiger partial charge on any atom is 0.254 e. The van der Waals surface area contributed by atoms with Crippen molar-refractivity contribution in [3.05, 3.63) is 11.1 Å². The highest BCUT2D eigenvalue weighted by atomic mass is 35.5. The Balaban J connectivity index is 0.00000144. The molecule has 74 valence electrons. The summed E-state index contributed by atoms with van der Waals surface area (Å²) in [7, 11) is 0. The van der Waals surface area contributed by atoms with Crippen LogP contribution in [0.2, 0.25) is 0 Å². The van der Waals surface area contributed by atoms with Gasteiger partial charge in [-0.15, -0.1) is 12.4 Å². The first-order valence-corrected chi connectivity index (χ1v) is 3.65. The Morgan fingerprint density at radius 2 is 2.00 bits per heavy atom. The van der Waals surface area contributed by atoms with Crippen LogP contribution in [0, 0.1) is 5.41 Å². The van der Waals surface area contributed by atoms with Gasteiger partial charge in [0, 0.05) is 0 Å². The van der Waals surface area contributed by atoms with Gasteiger partial charge >= 0.3 is 0 Å². The van der Waals surface area contributed by atoms with E-state index in [1.807, 2.05) is 0 Å². The van der Waals surface area contributed by atoms with Gasteiger partial charge in [-0.2, -0.15) is 0 Å². The maximum absolute atomic E-state index is 10.9. The highest BCUT2D eigenvalue weighted by Crippen LogP contribution is 2.31. The number of hydrogen-bond donors (Lipinski definition) is 2. The molecule has 1 amide bonds. The largest absolute Gasteiger partial charge is 0.467 e. The second-order valence-corrected chi connectivity index (χ2v) is 3.31. The number of rotatable bonds is 1. The van der Waals surface area contributed by atoms with E-state index in [1.165, 1.54) is 0 Å². The summed E-state index contributed by atoms with van der Waals surface area (Å²) < 4.78 is 5.14. The number of nitrogens with two attached hydrogens (primary N) is 1. The summed E-state index contributed by atoms with van der Waals surface area (Å²) in [5.74, 6) is -0.715. The maximum atomic E-state index is 10.9. The molecule has 1 rings (SSSR count). The molecule has 1 aliphatic heterocycles. The Labute approximate surface area is 83.1 Å². The van der Waals surface area contributed by atoms with Crippen LogP contribution in [0.15, 0.2) is 11.1 Å². The number of ether oxygens (including phenoxy) is 1. The third-order valence-electron chi connectivity index (χ3n) is 2.11. The Morgan fingerprint density at radius 3 is 2.15 bits per heavy atom. The van der Waals surface area contributed by atoms with Crippen molar-refractivity contribution >= 4 is 24.2 Å². The molecule has 1 aliphatic rings. The van der Waals surface area contributed by atoms with E-state index in [-0.39, 0.29) is 23.9 Å². The number of carbonyl (C=O) groups is 1. The number of halogens is 1. The summed E-state index contributed by atoms with van der Waals surface area (Å²) >= 11 is 0. The average Bonchev–Trinajstić information content (AvgIpc) is 2.02. The lowest BCUT2D eigenvalue weighted by atomic mass is 9.97. The summed E-state index contributed by atoms with van der Waals surface area (Å²) in [6, 6.07) is 0. The SMILES string of the molecule is CC1=C(C(N)=O)C(=N)OC1(C)C.Cl. The molecule has 0 aromatic carbocycles. The van der Waals surface area contributed by atoms with Crippen LogP contribution in [0.25, 0.3) is 0 Å². The van der Waals surface area contributed by atoms with E-state index < -0.39 is 11.5 Å². The summed E-state index contributed by atoms with van der Waals surface area (Å²) in [5, 5.41) is 7.34. The lowest BCUT2D eigenvalue weighted by Crippen LogP contribution is -2.21. The molecule has 0 aromatic rings. The van der Waals surface area contributed by atoms with Crippen LogP contribution in [-0.2, 0) is 9.53 Å². The van der Waals surface area contributed by atoms with Crippen molar-refractivity contribution in [1.29, 1.82) is 5.41 Å². The fourth-order valence-electron chi connectivity index (χ4n) is 1.15. The summed E-state index contributed by atoms with van der Waals surface area (Å²) in [5.41, 5.74) is 5.44. The van der Waals surface area contributed by atoms with Crippen molar-refractivity contribution in [2.75, 3.05) is 0 Å². The molecule has 4 nitrogen and oxygen atoms in total. The molecule has 5 heteroatoms. The Kier molecular flexibility index (Phi) is 3.11. The fourth-order valence-corrected chi connectivity index (χ4v) is 1.15. The number of amides is 1. The standard InChI is InChI=1S/C8H12N2O2.ClH/c1-4-5(6(9)11)7(10)12-8(4,2)3;/h10H,1-3H3,(H2,9,11);1H. The van der Waals surface area contributed by atoms with Crippen molar-refractivity contribution in [3.63, 3.8) is 0 Å². The van der Waals surface area contributed by atoms with E-state index >= 15 is 0 Å². The number of carbonyl (C=O) groups excluding carboxylic acids is 1. The number of nitrogens with one attached hydrogen (secondary N) is 1. The second kappa shape index (κ2) is 3.38. The average molecular weight is 205 g/mol. The first kappa shape index (κ1) is 12.0. The third-order valence-corrected chi connectivity index (χ3v) is 2.11. The first-order chi connectivity index (χ1) is 5.36. The minimum absolute atomic E-state index is 0. The first-order valence-electron chi connectivity index (χ1n) is 3.65. The smallest absolute Gasteiger partial charge is 0.254 e. The quantitative estimate of drug-likeness (QED) is 0.669. The minimum Gasteiger partial charge on any atom is -0.467 e. The zero-order chi connectivity index (χ0) is 9.52. The highest BCUT2D eigenvalue weighted by molar-refractivity contribution is 6.19. The van der Waals surface area contributed by atoms with Gasteiger partial charge in [0.15, 0.2) is 0 Å². The van der Waals surface area contributed by atoms with Gasteiger partial charge in [0.2, 0.25) is 5.90 Å². The van der Waals surface area contributed by atoms with Crippen LogP contribution in [-0.4, -0.2) is 17.4 Å². The normalized spacial score (nSPS) is 19.5. The molecule has 0 bridgehead atoms. The molecular weight excluding hydrogens is 192 g/mol. The van der Waals surface area contributed by atoms with Gasteiger partial charge < -0.3 is 10.5 Å². The van der Waals surface area contributed by atoms with E-state index in [2.05, 4.69) is 0 Å². The Hall–Kier alpha value is -1.03. The summed E-state index contributed by atoms with van der Waals surface area (Å²) in [6.45, 7) is 5.35.